The first-order valence-electron chi connectivity index (χ1n) is 5.19. The Morgan fingerprint density at radius 3 is 2.75 bits per heavy atom. The van der Waals surface area contributed by atoms with Gasteiger partial charge >= 0.3 is 0 Å². The average Bonchev–Trinajstić information content (AvgIpc) is 2.52. The number of thiophene rings is 1. The predicted octanol–water partition coefficient (Wildman–Crippen LogP) is 4.46. The number of hydrogen-bond donors (Lipinski definition) is 0. The molecule has 2 heterocycles. The molecule has 0 bridgehead atoms. The molecule has 0 aromatic carbocycles. The third kappa shape index (κ3) is 2.19. The zero-order valence-electron chi connectivity index (χ0n) is 9.50. The van der Waals surface area contributed by atoms with E-state index in [1.807, 2.05) is 0 Å². The van der Waals surface area contributed by atoms with E-state index in [0.717, 1.165) is 27.5 Å². The first kappa shape index (κ1) is 12.1. The lowest BCUT2D eigenvalue weighted by molar-refractivity contribution is 0.999. The van der Waals surface area contributed by atoms with Crippen molar-refractivity contribution in [1.82, 2.24) is 9.97 Å². The summed E-state index contributed by atoms with van der Waals surface area (Å²) in [5.41, 5.74) is 1.21. The zero-order valence-corrected chi connectivity index (χ0v) is 11.9. The fourth-order valence-corrected chi connectivity index (χ4v) is 3.64. The van der Waals surface area contributed by atoms with Crippen molar-refractivity contribution in [3.05, 3.63) is 15.6 Å². The normalized spacial score (nSPS) is 11.2. The number of nitrogens with zero attached hydrogens (tertiary/aromatic N) is 2. The van der Waals surface area contributed by atoms with E-state index in [1.54, 1.807) is 23.1 Å². The van der Waals surface area contributed by atoms with Crippen molar-refractivity contribution in [1.29, 1.82) is 0 Å². The van der Waals surface area contributed by atoms with Gasteiger partial charge in [0, 0.05) is 10.6 Å². The summed E-state index contributed by atoms with van der Waals surface area (Å²) in [6.07, 6.45) is 1.12. The summed E-state index contributed by atoms with van der Waals surface area (Å²) < 4.78 is 0. The Hall–Kier alpha value is -0.320. The highest BCUT2D eigenvalue weighted by atomic mass is 35.5. The van der Waals surface area contributed by atoms with Crippen molar-refractivity contribution in [2.45, 2.75) is 32.3 Å². The average molecular weight is 273 g/mol. The van der Waals surface area contributed by atoms with Crippen LogP contribution in [0.15, 0.2) is 5.16 Å². The zero-order chi connectivity index (χ0) is 11.7. The minimum Gasteiger partial charge on any atom is -0.211 e. The third-order valence-corrected chi connectivity index (χ3v) is 4.83. The Labute approximate surface area is 108 Å². The monoisotopic (exact) mass is 272 g/mol. The Balaban J connectivity index is 2.51. The molecule has 0 saturated heterocycles. The molecule has 0 aliphatic carbocycles. The molecular weight excluding hydrogens is 260 g/mol. The van der Waals surface area contributed by atoms with Crippen LogP contribution < -0.4 is 0 Å². The SMILES string of the molecule is CCCSc1nc(Cl)c2c(C)c(C)sc2n1. The number of aromatic nitrogens is 2. The van der Waals surface area contributed by atoms with E-state index < -0.39 is 0 Å². The number of aryl methyl sites for hydroxylation is 2. The quantitative estimate of drug-likeness (QED) is 0.469. The van der Waals surface area contributed by atoms with Gasteiger partial charge in [-0.3, -0.25) is 0 Å². The Kier molecular flexibility index (Phi) is 3.72. The maximum Gasteiger partial charge on any atom is 0.190 e. The molecule has 2 aromatic heterocycles. The van der Waals surface area contributed by atoms with Crippen LogP contribution in [0.5, 0.6) is 0 Å². The van der Waals surface area contributed by atoms with Gasteiger partial charge in [-0.2, -0.15) is 0 Å². The van der Waals surface area contributed by atoms with Gasteiger partial charge in [-0.25, -0.2) is 9.97 Å². The molecule has 86 valence electrons. The second-order valence-electron chi connectivity index (χ2n) is 3.61. The molecule has 0 aliphatic rings. The first-order valence-corrected chi connectivity index (χ1v) is 7.37. The molecule has 16 heavy (non-hydrogen) atoms. The Morgan fingerprint density at radius 1 is 1.31 bits per heavy atom. The van der Waals surface area contributed by atoms with Crippen LogP contribution in [0.25, 0.3) is 10.2 Å². The van der Waals surface area contributed by atoms with Crippen molar-refractivity contribution in [3.8, 4) is 0 Å². The topological polar surface area (TPSA) is 25.8 Å². The smallest absolute Gasteiger partial charge is 0.190 e. The molecule has 2 aromatic rings. The van der Waals surface area contributed by atoms with E-state index in [4.69, 9.17) is 11.6 Å². The molecule has 0 amide bonds. The Bertz CT molecular complexity index is 522. The van der Waals surface area contributed by atoms with Crippen molar-refractivity contribution in [3.63, 3.8) is 0 Å². The number of hydrogen-bond acceptors (Lipinski definition) is 4. The first-order chi connectivity index (χ1) is 7.63. The summed E-state index contributed by atoms with van der Waals surface area (Å²) in [6.45, 7) is 6.31. The minimum absolute atomic E-state index is 0.588. The van der Waals surface area contributed by atoms with Crippen LogP contribution >= 0.6 is 34.7 Å². The van der Waals surface area contributed by atoms with E-state index in [-0.39, 0.29) is 0 Å². The van der Waals surface area contributed by atoms with E-state index >= 15 is 0 Å². The summed E-state index contributed by atoms with van der Waals surface area (Å²) >= 11 is 9.56. The highest BCUT2D eigenvalue weighted by molar-refractivity contribution is 7.99. The number of thioether (sulfide) groups is 1. The van der Waals surface area contributed by atoms with Gasteiger partial charge in [0.25, 0.3) is 0 Å². The second-order valence-corrected chi connectivity index (χ2v) is 6.23. The molecule has 0 atom stereocenters. The van der Waals surface area contributed by atoms with E-state index in [2.05, 4.69) is 30.7 Å². The van der Waals surface area contributed by atoms with Crippen molar-refractivity contribution >= 4 is 44.9 Å². The summed E-state index contributed by atoms with van der Waals surface area (Å²) in [7, 11) is 0. The van der Waals surface area contributed by atoms with Crippen LogP contribution in [0.2, 0.25) is 5.15 Å². The fraction of sp³-hybridized carbons (Fsp3) is 0.455. The molecule has 0 unspecified atom stereocenters. The molecular formula is C11H13ClN2S2. The number of halogens is 1. The summed E-state index contributed by atoms with van der Waals surface area (Å²) in [5, 5.41) is 2.40. The fourth-order valence-electron chi connectivity index (χ4n) is 1.44. The molecule has 2 rings (SSSR count). The van der Waals surface area contributed by atoms with Gasteiger partial charge in [0.05, 0.1) is 5.39 Å². The molecule has 0 spiro atoms. The summed E-state index contributed by atoms with van der Waals surface area (Å²) in [6, 6.07) is 0. The van der Waals surface area contributed by atoms with Crippen LogP contribution in [0, 0.1) is 13.8 Å². The summed E-state index contributed by atoms with van der Waals surface area (Å²) in [4.78, 5) is 11.2. The molecule has 2 nitrogen and oxygen atoms in total. The minimum atomic E-state index is 0.588. The predicted molar refractivity (Wildman–Crippen MR) is 72.9 cm³/mol. The number of fused-ring (bicyclic) bond motifs is 1. The molecule has 5 heteroatoms. The van der Waals surface area contributed by atoms with Crippen LogP contribution in [0.4, 0.5) is 0 Å². The van der Waals surface area contributed by atoms with Crippen molar-refractivity contribution < 1.29 is 0 Å². The van der Waals surface area contributed by atoms with Gasteiger partial charge in [0.1, 0.15) is 9.98 Å². The van der Waals surface area contributed by atoms with E-state index in [1.165, 1.54) is 10.4 Å². The molecule has 0 fully saturated rings. The van der Waals surface area contributed by atoms with Crippen LogP contribution in [0.1, 0.15) is 23.8 Å². The van der Waals surface area contributed by atoms with Crippen molar-refractivity contribution in [2.75, 3.05) is 5.75 Å². The lowest BCUT2D eigenvalue weighted by Crippen LogP contribution is -1.89. The summed E-state index contributed by atoms with van der Waals surface area (Å²) in [5.74, 6) is 1.03. The van der Waals surface area contributed by atoms with Crippen LogP contribution in [-0.2, 0) is 0 Å². The largest absolute Gasteiger partial charge is 0.211 e. The van der Waals surface area contributed by atoms with Gasteiger partial charge in [-0.05, 0) is 25.8 Å². The molecule has 0 N–H and O–H groups in total. The molecule has 0 aliphatic heterocycles. The van der Waals surface area contributed by atoms with E-state index in [9.17, 15) is 0 Å². The standard InChI is InChI=1S/C11H13ClN2S2/c1-4-5-15-11-13-9(12)8-6(2)7(3)16-10(8)14-11/h4-5H2,1-3H3. The van der Waals surface area contributed by atoms with Crippen LogP contribution in [0.3, 0.4) is 0 Å². The van der Waals surface area contributed by atoms with E-state index in [0.29, 0.717) is 5.15 Å². The lowest BCUT2D eigenvalue weighted by atomic mass is 10.2. The maximum absolute atomic E-state index is 6.20. The second kappa shape index (κ2) is 4.90. The molecule has 0 radical (unpaired) electrons. The third-order valence-electron chi connectivity index (χ3n) is 2.40. The van der Waals surface area contributed by atoms with Gasteiger partial charge < -0.3 is 0 Å². The van der Waals surface area contributed by atoms with Gasteiger partial charge in [0.2, 0.25) is 0 Å². The van der Waals surface area contributed by atoms with Gasteiger partial charge in [-0.15, -0.1) is 11.3 Å². The van der Waals surface area contributed by atoms with Crippen molar-refractivity contribution in [2.24, 2.45) is 0 Å². The van der Waals surface area contributed by atoms with Gasteiger partial charge in [0.15, 0.2) is 5.16 Å². The lowest BCUT2D eigenvalue weighted by Gasteiger charge is -2.00. The van der Waals surface area contributed by atoms with Gasteiger partial charge in [-0.1, -0.05) is 30.3 Å². The highest BCUT2D eigenvalue weighted by Gasteiger charge is 2.12. The molecule has 0 saturated carbocycles. The highest BCUT2D eigenvalue weighted by Crippen LogP contribution is 2.34. The Morgan fingerprint density at radius 2 is 2.06 bits per heavy atom. The van der Waals surface area contributed by atoms with Crippen LogP contribution in [-0.4, -0.2) is 15.7 Å². The maximum atomic E-state index is 6.20. The number of rotatable bonds is 3.